The molecule has 4 heteroatoms. The van der Waals surface area contributed by atoms with E-state index in [1.807, 2.05) is 39.8 Å². The van der Waals surface area contributed by atoms with Gasteiger partial charge < -0.3 is 9.84 Å². The molecular weight excluding hydrogens is 258 g/mol. The molecule has 1 unspecified atom stereocenters. The van der Waals surface area contributed by atoms with E-state index in [2.05, 4.69) is 4.98 Å². The van der Waals surface area contributed by atoms with E-state index in [0.29, 0.717) is 0 Å². The summed E-state index contributed by atoms with van der Waals surface area (Å²) in [5.41, 5.74) is 3.91. The summed E-state index contributed by atoms with van der Waals surface area (Å²) in [6.45, 7) is 7.92. The fourth-order valence-electron chi connectivity index (χ4n) is 2.24. The number of benzene rings is 1. The zero-order valence-electron chi connectivity index (χ0n) is 11.9. The van der Waals surface area contributed by atoms with Gasteiger partial charge in [-0.05, 0) is 38.8 Å². The molecule has 1 atom stereocenters. The maximum Gasteiger partial charge on any atom is 0.128 e. The quantitative estimate of drug-likeness (QED) is 0.934. The van der Waals surface area contributed by atoms with E-state index in [0.717, 1.165) is 38.0 Å². The Labute approximate surface area is 117 Å². The zero-order chi connectivity index (χ0) is 14.2. The van der Waals surface area contributed by atoms with E-state index >= 15 is 0 Å². The lowest BCUT2D eigenvalue weighted by Crippen LogP contribution is -2.04. The molecule has 0 saturated heterocycles. The summed E-state index contributed by atoms with van der Waals surface area (Å²) in [7, 11) is 1.64. The Morgan fingerprint density at radius 2 is 1.89 bits per heavy atom. The fourth-order valence-corrected chi connectivity index (χ4v) is 3.17. The topological polar surface area (TPSA) is 42.4 Å². The van der Waals surface area contributed by atoms with Gasteiger partial charge in [0.05, 0.1) is 22.7 Å². The maximum absolute atomic E-state index is 10.6. The van der Waals surface area contributed by atoms with Gasteiger partial charge in [-0.2, -0.15) is 0 Å². The molecule has 0 aliphatic carbocycles. The van der Waals surface area contributed by atoms with Crippen molar-refractivity contribution in [2.75, 3.05) is 7.11 Å². The minimum Gasteiger partial charge on any atom is -0.496 e. The highest BCUT2D eigenvalue weighted by atomic mass is 32.1. The van der Waals surface area contributed by atoms with Crippen LogP contribution in [-0.2, 0) is 0 Å². The third-order valence-corrected chi connectivity index (χ3v) is 4.52. The standard InChI is InChI=1S/C15H19NO2S/c1-8-6-7-12(14(18-5)9(8)2)13(17)15-10(3)16-11(4)19-15/h6-7,13,17H,1-5H3. The number of hydrogen-bond acceptors (Lipinski definition) is 4. The van der Waals surface area contributed by atoms with E-state index in [9.17, 15) is 5.11 Å². The van der Waals surface area contributed by atoms with Crippen molar-refractivity contribution in [1.82, 2.24) is 4.98 Å². The Balaban J connectivity index is 2.53. The highest BCUT2D eigenvalue weighted by Crippen LogP contribution is 2.37. The first-order chi connectivity index (χ1) is 8.95. The van der Waals surface area contributed by atoms with Crippen LogP contribution in [0.3, 0.4) is 0 Å². The summed E-state index contributed by atoms with van der Waals surface area (Å²) in [5, 5.41) is 11.6. The lowest BCUT2D eigenvalue weighted by Gasteiger charge is -2.17. The van der Waals surface area contributed by atoms with Crippen molar-refractivity contribution in [2.24, 2.45) is 0 Å². The molecule has 0 aliphatic heterocycles. The molecule has 0 bridgehead atoms. The van der Waals surface area contributed by atoms with Gasteiger partial charge in [-0.25, -0.2) is 4.98 Å². The number of hydrogen-bond donors (Lipinski definition) is 1. The van der Waals surface area contributed by atoms with Crippen molar-refractivity contribution in [2.45, 2.75) is 33.8 Å². The predicted octanol–water partition coefficient (Wildman–Crippen LogP) is 3.47. The van der Waals surface area contributed by atoms with Crippen LogP contribution in [0.15, 0.2) is 12.1 Å². The van der Waals surface area contributed by atoms with Crippen LogP contribution in [0, 0.1) is 27.7 Å². The molecule has 0 spiro atoms. The van der Waals surface area contributed by atoms with Gasteiger partial charge in [-0.1, -0.05) is 12.1 Å². The van der Waals surface area contributed by atoms with Gasteiger partial charge in [0.25, 0.3) is 0 Å². The molecule has 2 aromatic rings. The van der Waals surface area contributed by atoms with Crippen molar-refractivity contribution >= 4 is 11.3 Å². The second-order valence-electron chi connectivity index (χ2n) is 4.72. The Hall–Kier alpha value is -1.39. The molecule has 1 heterocycles. The highest BCUT2D eigenvalue weighted by molar-refractivity contribution is 7.11. The molecule has 3 nitrogen and oxygen atoms in total. The van der Waals surface area contributed by atoms with E-state index in [4.69, 9.17) is 4.74 Å². The third kappa shape index (κ3) is 2.51. The minimum absolute atomic E-state index is 0.680. The van der Waals surface area contributed by atoms with Crippen LogP contribution >= 0.6 is 11.3 Å². The second-order valence-corrected chi connectivity index (χ2v) is 5.95. The molecular formula is C15H19NO2S. The number of aliphatic hydroxyl groups excluding tert-OH is 1. The average Bonchev–Trinajstić information content (AvgIpc) is 2.71. The Morgan fingerprint density at radius 1 is 1.21 bits per heavy atom. The van der Waals surface area contributed by atoms with E-state index < -0.39 is 6.10 Å². The number of aryl methyl sites for hydroxylation is 3. The van der Waals surface area contributed by atoms with Crippen LogP contribution in [0.4, 0.5) is 0 Å². The van der Waals surface area contributed by atoms with Crippen molar-refractivity contribution in [3.05, 3.63) is 44.4 Å². The highest BCUT2D eigenvalue weighted by Gasteiger charge is 2.21. The monoisotopic (exact) mass is 277 g/mol. The zero-order valence-corrected chi connectivity index (χ0v) is 12.8. The lowest BCUT2D eigenvalue weighted by atomic mass is 9.99. The van der Waals surface area contributed by atoms with Crippen molar-refractivity contribution in [1.29, 1.82) is 0 Å². The number of aliphatic hydroxyl groups is 1. The van der Waals surface area contributed by atoms with E-state index in [1.165, 1.54) is 11.3 Å². The predicted molar refractivity (Wildman–Crippen MR) is 78.1 cm³/mol. The molecule has 1 aromatic carbocycles. The molecule has 0 radical (unpaired) electrons. The fraction of sp³-hybridized carbons (Fsp3) is 0.400. The number of aromatic nitrogens is 1. The minimum atomic E-state index is -0.680. The third-order valence-electron chi connectivity index (χ3n) is 3.39. The smallest absolute Gasteiger partial charge is 0.128 e. The second kappa shape index (κ2) is 5.31. The summed E-state index contributed by atoms with van der Waals surface area (Å²) >= 11 is 1.53. The van der Waals surface area contributed by atoms with Crippen molar-refractivity contribution in [3.8, 4) is 5.75 Å². The van der Waals surface area contributed by atoms with Crippen molar-refractivity contribution in [3.63, 3.8) is 0 Å². The van der Waals surface area contributed by atoms with Gasteiger partial charge in [0.1, 0.15) is 11.9 Å². The molecule has 102 valence electrons. The number of ether oxygens (including phenoxy) is 1. The maximum atomic E-state index is 10.6. The summed E-state index contributed by atoms with van der Waals surface area (Å²) in [6.07, 6.45) is -0.680. The van der Waals surface area contributed by atoms with E-state index in [-0.39, 0.29) is 0 Å². The molecule has 0 amide bonds. The van der Waals surface area contributed by atoms with Gasteiger partial charge in [-0.15, -0.1) is 11.3 Å². The number of nitrogens with zero attached hydrogens (tertiary/aromatic N) is 1. The van der Waals surface area contributed by atoms with Gasteiger partial charge in [0.2, 0.25) is 0 Å². The SMILES string of the molecule is COc1c(C(O)c2sc(C)nc2C)ccc(C)c1C. The van der Waals surface area contributed by atoms with Crippen molar-refractivity contribution < 1.29 is 9.84 Å². The first kappa shape index (κ1) is 14.0. The summed E-state index contributed by atoms with van der Waals surface area (Å²) in [6, 6.07) is 3.94. The largest absolute Gasteiger partial charge is 0.496 e. The molecule has 19 heavy (non-hydrogen) atoms. The molecule has 1 N–H and O–H groups in total. The first-order valence-corrected chi connectivity index (χ1v) is 7.03. The number of methoxy groups -OCH3 is 1. The van der Waals surface area contributed by atoms with Gasteiger partial charge in [0, 0.05) is 5.56 Å². The molecule has 2 rings (SSSR count). The van der Waals surface area contributed by atoms with Crippen LogP contribution in [0.1, 0.15) is 38.4 Å². The van der Waals surface area contributed by atoms with Crippen LogP contribution in [0.25, 0.3) is 0 Å². The molecule has 0 saturated carbocycles. The number of thiazole rings is 1. The lowest BCUT2D eigenvalue weighted by molar-refractivity contribution is 0.217. The molecule has 0 fully saturated rings. The normalized spacial score (nSPS) is 12.5. The van der Waals surface area contributed by atoms with Crippen LogP contribution in [0.5, 0.6) is 5.75 Å². The summed E-state index contributed by atoms with van der Waals surface area (Å²) < 4.78 is 5.47. The first-order valence-electron chi connectivity index (χ1n) is 6.21. The molecule has 0 aliphatic rings. The van der Waals surface area contributed by atoms with Crippen LogP contribution in [-0.4, -0.2) is 17.2 Å². The Kier molecular flexibility index (Phi) is 3.92. The van der Waals surface area contributed by atoms with Crippen LogP contribution < -0.4 is 4.74 Å². The summed E-state index contributed by atoms with van der Waals surface area (Å²) in [5.74, 6) is 0.762. The van der Waals surface area contributed by atoms with Gasteiger partial charge in [0.15, 0.2) is 0 Å². The molecule has 1 aromatic heterocycles. The van der Waals surface area contributed by atoms with Gasteiger partial charge >= 0.3 is 0 Å². The Bertz CT molecular complexity index is 604. The average molecular weight is 277 g/mol. The van der Waals surface area contributed by atoms with E-state index in [1.54, 1.807) is 7.11 Å². The van der Waals surface area contributed by atoms with Gasteiger partial charge in [-0.3, -0.25) is 0 Å². The summed E-state index contributed by atoms with van der Waals surface area (Å²) in [4.78, 5) is 5.26. The Morgan fingerprint density at radius 3 is 2.42 bits per heavy atom. The number of rotatable bonds is 3. The van der Waals surface area contributed by atoms with Crippen LogP contribution in [0.2, 0.25) is 0 Å².